The fraction of sp³-hybridized carbons (Fsp3) is 0.647. The molecule has 2 fully saturated rings. The van der Waals surface area contributed by atoms with Gasteiger partial charge in [-0.15, -0.1) is 0 Å². The molecule has 1 aliphatic carbocycles. The van der Waals surface area contributed by atoms with E-state index in [2.05, 4.69) is 30.0 Å². The molecule has 3 nitrogen and oxygen atoms in total. The van der Waals surface area contributed by atoms with Crippen molar-refractivity contribution in [3.05, 3.63) is 29.3 Å². The number of rotatable bonds is 5. The number of benzene rings is 1. The highest BCUT2D eigenvalue weighted by Gasteiger charge is 2.47. The molecule has 1 aromatic carbocycles. The molecular weight excluding hydrogens is 248 g/mol. The summed E-state index contributed by atoms with van der Waals surface area (Å²) in [6.45, 7) is 5.57. The van der Waals surface area contributed by atoms with E-state index in [1.807, 2.05) is 0 Å². The van der Waals surface area contributed by atoms with E-state index in [1.54, 1.807) is 7.11 Å². The first-order valence-corrected chi connectivity index (χ1v) is 7.81. The molecule has 1 aliphatic heterocycles. The second-order valence-electron chi connectivity index (χ2n) is 6.45. The van der Waals surface area contributed by atoms with E-state index >= 15 is 0 Å². The average molecular weight is 274 g/mol. The summed E-state index contributed by atoms with van der Waals surface area (Å²) in [5.41, 5.74) is 9.16. The fourth-order valence-corrected chi connectivity index (χ4v) is 3.54. The Labute approximate surface area is 122 Å². The second-order valence-corrected chi connectivity index (χ2v) is 6.45. The molecule has 0 radical (unpaired) electrons. The van der Waals surface area contributed by atoms with Crippen molar-refractivity contribution in [2.24, 2.45) is 5.73 Å². The molecule has 1 saturated heterocycles. The van der Waals surface area contributed by atoms with Crippen molar-refractivity contribution in [3.63, 3.8) is 0 Å². The Balaban J connectivity index is 1.86. The first kappa shape index (κ1) is 13.9. The first-order chi connectivity index (χ1) is 9.65. The zero-order valence-electron chi connectivity index (χ0n) is 12.7. The van der Waals surface area contributed by atoms with E-state index in [0.29, 0.717) is 0 Å². The third kappa shape index (κ3) is 2.45. The Bertz CT molecular complexity index is 474. The van der Waals surface area contributed by atoms with Gasteiger partial charge in [-0.2, -0.15) is 0 Å². The molecule has 0 bridgehead atoms. The Morgan fingerprint density at radius 2 is 2.00 bits per heavy atom. The third-order valence-electron chi connectivity index (χ3n) is 5.11. The Morgan fingerprint density at radius 3 is 2.55 bits per heavy atom. The zero-order valence-corrected chi connectivity index (χ0v) is 12.7. The maximum Gasteiger partial charge on any atom is 0.123 e. The minimum absolute atomic E-state index is 0.228. The lowest BCUT2D eigenvalue weighted by Crippen LogP contribution is -2.31. The van der Waals surface area contributed by atoms with Gasteiger partial charge in [0.25, 0.3) is 0 Å². The summed E-state index contributed by atoms with van der Waals surface area (Å²) >= 11 is 0. The number of hydrogen-bond acceptors (Lipinski definition) is 3. The molecule has 2 N–H and O–H groups in total. The maximum absolute atomic E-state index is 6.21. The molecule has 1 unspecified atom stereocenters. The van der Waals surface area contributed by atoms with E-state index in [-0.39, 0.29) is 11.5 Å². The molecule has 2 aliphatic rings. The van der Waals surface area contributed by atoms with Gasteiger partial charge >= 0.3 is 0 Å². The van der Waals surface area contributed by atoms with Crippen LogP contribution in [0.3, 0.4) is 0 Å². The molecule has 3 rings (SSSR count). The molecule has 0 aromatic heterocycles. The van der Waals surface area contributed by atoms with Gasteiger partial charge in [-0.05, 0) is 57.3 Å². The average Bonchev–Trinajstić information content (AvgIpc) is 3.12. The second kappa shape index (κ2) is 5.38. The largest absolute Gasteiger partial charge is 0.496 e. The SMILES string of the molecule is COc1ccc(C2(C(C)N)CC2)cc1CN1CCCC1. The maximum atomic E-state index is 6.21. The Morgan fingerprint density at radius 1 is 1.30 bits per heavy atom. The highest BCUT2D eigenvalue weighted by Crippen LogP contribution is 2.51. The van der Waals surface area contributed by atoms with Crippen molar-refractivity contribution in [2.45, 2.75) is 50.6 Å². The van der Waals surface area contributed by atoms with Gasteiger partial charge in [0, 0.05) is 23.6 Å². The van der Waals surface area contributed by atoms with Crippen LogP contribution < -0.4 is 10.5 Å². The topological polar surface area (TPSA) is 38.5 Å². The summed E-state index contributed by atoms with van der Waals surface area (Å²) in [7, 11) is 1.76. The van der Waals surface area contributed by atoms with Crippen molar-refractivity contribution >= 4 is 0 Å². The number of methoxy groups -OCH3 is 1. The van der Waals surface area contributed by atoms with E-state index in [1.165, 1.54) is 49.9 Å². The van der Waals surface area contributed by atoms with Crippen LogP contribution in [0.2, 0.25) is 0 Å². The lowest BCUT2D eigenvalue weighted by atomic mass is 9.88. The Kier molecular flexibility index (Phi) is 3.74. The standard InChI is InChI=1S/C17H26N2O/c1-13(18)17(7-8-17)15-5-6-16(20-2)14(11-15)12-19-9-3-4-10-19/h5-6,11,13H,3-4,7-10,12,18H2,1-2H3. The van der Waals surface area contributed by atoms with E-state index in [4.69, 9.17) is 10.5 Å². The highest BCUT2D eigenvalue weighted by atomic mass is 16.5. The lowest BCUT2D eigenvalue weighted by molar-refractivity contribution is 0.320. The number of nitrogens with zero attached hydrogens (tertiary/aromatic N) is 1. The van der Waals surface area contributed by atoms with Crippen LogP contribution in [0, 0.1) is 0 Å². The van der Waals surface area contributed by atoms with Crippen molar-refractivity contribution in [2.75, 3.05) is 20.2 Å². The molecule has 1 saturated carbocycles. The number of hydrogen-bond donors (Lipinski definition) is 1. The minimum Gasteiger partial charge on any atom is -0.496 e. The number of likely N-dealkylation sites (tertiary alicyclic amines) is 1. The fourth-order valence-electron chi connectivity index (χ4n) is 3.54. The Hall–Kier alpha value is -1.06. The van der Waals surface area contributed by atoms with Crippen molar-refractivity contribution in [1.82, 2.24) is 4.90 Å². The predicted molar refractivity (Wildman–Crippen MR) is 82.1 cm³/mol. The van der Waals surface area contributed by atoms with Crippen LogP contribution in [0.15, 0.2) is 18.2 Å². The summed E-state index contributed by atoms with van der Waals surface area (Å²) in [5, 5.41) is 0. The first-order valence-electron chi connectivity index (χ1n) is 7.81. The van der Waals surface area contributed by atoms with Crippen molar-refractivity contribution in [1.29, 1.82) is 0 Å². The molecule has 1 atom stereocenters. The third-order valence-corrected chi connectivity index (χ3v) is 5.11. The van der Waals surface area contributed by atoms with Crippen LogP contribution in [0.5, 0.6) is 5.75 Å². The van der Waals surface area contributed by atoms with Crippen LogP contribution in [-0.2, 0) is 12.0 Å². The van der Waals surface area contributed by atoms with Gasteiger partial charge in [0.2, 0.25) is 0 Å². The summed E-state index contributed by atoms with van der Waals surface area (Å²) in [5.74, 6) is 1.01. The van der Waals surface area contributed by atoms with Gasteiger partial charge in [-0.3, -0.25) is 4.90 Å². The molecule has 0 spiro atoms. The van der Waals surface area contributed by atoms with Crippen LogP contribution >= 0.6 is 0 Å². The molecule has 0 amide bonds. The lowest BCUT2D eigenvalue weighted by Gasteiger charge is -2.23. The summed E-state index contributed by atoms with van der Waals surface area (Å²) in [6, 6.07) is 6.91. The van der Waals surface area contributed by atoms with Gasteiger partial charge in [-0.25, -0.2) is 0 Å². The van der Waals surface area contributed by atoms with Crippen LogP contribution in [0.1, 0.15) is 43.7 Å². The van der Waals surface area contributed by atoms with Gasteiger partial charge in [-0.1, -0.05) is 12.1 Å². The van der Waals surface area contributed by atoms with E-state index in [9.17, 15) is 0 Å². The van der Waals surface area contributed by atoms with Crippen molar-refractivity contribution < 1.29 is 4.74 Å². The van der Waals surface area contributed by atoms with E-state index in [0.717, 1.165) is 12.3 Å². The molecular formula is C17H26N2O. The monoisotopic (exact) mass is 274 g/mol. The highest BCUT2D eigenvalue weighted by molar-refractivity contribution is 5.43. The quantitative estimate of drug-likeness (QED) is 0.897. The number of nitrogens with two attached hydrogens (primary N) is 1. The molecule has 110 valence electrons. The summed E-state index contributed by atoms with van der Waals surface area (Å²) in [6.07, 6.45) is 5.10. The van der Waals surface area contributed by atoms with Crippen LogP contribution in [0.4, 0.5) is 0 Å². The van der Waals surface area contributed by atoms with E-state index < -0.39 is 0 Å². The molecule has 20 heavy (non-hydrogen) atoms. The molecule has 3 heteroatoms. The van der Waals surface area contributed by atoms with Crippen molar-refractivity contribution in [3.8, 4) is 5.75 Å². The van der Waals surface area contributed by atoms with Gasteiger partial charge < -0.3 is 10.5 Å². The normalized spacial score (nSPS) is 22.8. The number of ether oxygens (including phenoxy) is 1. The summed E-state index contributed by atoms with van der Waals surface area (Å²) in [4.78, 5) is 2.52. The molecule has 1 aromatic rings. The van der Waals surface area contributed by atoms with Gasteiger partial charge in [0.1, 0.15) is 5.75 Å². The predicted octanol–water partition coefficient (Wildman–Crippen LogP) is 2.67. The van der Waals surface area contributed by atoms with Gasteiger partial charge in [0.15, 0.2) is 0 Å². The van der Waals surface area contributed by atoms with Crippen LogP contribution in [0.25, 0.3) is 0 Å². The minimum atomic E-state index is 0.228. The van der Waals surface area contributed by atoms with Gasteiger partial charge in [0.05, 0.1) is 7.11 Å². The summed E-state index contributed by atoms with van der Waals surface area (Å²) < 4.78 is 5.55. The molecule has 1 heterocycles. The zero-order chi connectivity index (χ0) is 14.2. The smallest absolute Gasteiger partial charge is 0.123 e. The van der Waals surface area contributed by atoms with Crippen LogP contribution in [-0.4, -0.2) is 31.1 Å².